The Morgan fingerprint density at radius 3 is 1.28 bits per heavy atom. The smallest absolute Gasteiger partial charge is 0.338 e. The number of anilines is 1. The van der Waals surface area contributed by atoms with Crippen molar-refractivity contribution in [3.05, 3.63) is 182 Å². The lowest BCUT2D eigenvalue weighted by atomic mass is 9.94. The third-order valence-corrected chi connectivity index (χ3v) is 10.0. The second-order valence-corrected chi connectivity index (χ2v) is 13.9. The molecule has 0 saturated carbocycles. The maximum atomic E-state index is 12.7. The summed E-state index contributed by atoms with van der Waals surface area (Å²) in [5.74, 6) is -1.19. The van der Waals surface area contributed by atoms with Gasteiger partial charge in [0.15, 0.2) is 11.6 Å². The Labute approximate surface area is 357 Å². The van der Waals surface area contributed by atoms with Crippen molar-refractivity contribution in [3.63, 3.8) is 0 Å². The van der Waals surface area contributed by atoms with Crippen LogP contribution in [0.4, 0.5) is 5.69 Å². The predicted molar refractivity (Wildman–Crippen MR) is 233 cm³/mol. The molecule has 13 heteroatoms. The van der Waals surface area contributed by atoms with E-state index < -0.39 is 29.9 Å². The minimum Gasteiger partial charge on any atom is -0.462 e. The van der Waals surface area contributed by atoms with E-state index in [9.17, 15) is 19.2 Å². The second-order valence-electron chi connectivity index (χ2n) is 13.5. The lowest BCUT2D eigenvalue weighted by molar-refractivity contribution is 0.0516. The van der Waals surface area contributed by atoms with Crippen LogP contribution >= 0.6 is 11.6 Å². The van der Waals surface area contributed by atoms with Crippen LogP contribution in [0.1, 0.15) is 97.4 Å². The summed E-state index contributed by atoms with van der Waals surface area (Å²) in [7, 11) is 0. The monoisotopic (exact) mass is 836 g/mol. The first-order chi connectivity index (χ1) is 29.6. The Kier molecular flexibility index (Phi) is 12.9. The molecular weight excluding hydrogens is 796 g/mol. The summed E-state index contributed by atoms with van der Waals surface area (Å²) < 4.78 is 20.9. The number of halogens is 1. The summed E-state index contributed by atoms with van der Waals surface area (Å²) in [5.41, 5.74) is 6.43. The molecule has 0 N–H and O–H groups in total. The zero-order valence-electron chi connectivity index (χ0n) is 33.9. The molecule has 0 bridgehead atoms. The first-order valence-corrected chi connectivity index (χ1v) is 20.2. The Morgan fingerprint density at radius 1 is 0.508 bits per heavy atom. The molecule has 5 aromatic rings. The summed E-state index contributed by atoms with van der Waals surface area (Å²) in [6.07, 6.45) is 0. The number of para-hydroxylation sites is 1. The van der Waals surface area contributed by atoms with Gasteiger partial charge in [0.1, 0.15) is 6.04 Å². The molecule has 0 fully saturated rings. The first kappa shape index (κ1) is 42.0. The average Bonchev–Trinajstić information content (AvgIpc) is 3.90. The molecule has 0 spiro atoms. The Bertz CT molecular complexity index is 2520. The fourth-order valence-electron chi connectivity index (χ4n) is 6.87. The lowest BCUT2D eigenvalue weighted by Gasteiger charge is -2.29. The number of hydrogen-bond acceptors (Lipinski definition) is 12. The first-order valence-electron chi connectivity index (χ1n) is 19.8. The normalized spacial score (nSPS) is 14.5. The standard InChI is InChI=1S/C48H41ClN4O8/c1-5-58-45(54)33-21-13-29(14-22-33)39-40(30-15-23-34(24-16-30)46(55)59-6-2)51-43(50-39)44-52-41(31-17-25-35(26-18-31)47(56)60-7-3)42(53(44)38-12-10-9-11-37(38)49)32-19-27-36(28-20-32)48(57)61-8-4/h9-28,42H,5-8H2,1-4H3. The zero-order chi connectivity index (χ0) is 43.0. The van der Waals surface area contributed by atoms with Crippen LogP contribution in [0.3, 0.4) is 0 Å². The van der Waals surface area contributed by atoms with Crippen molar-refractivity contribution in [1.82, 2.24) is 0 Å². The predicted octanol–water partition coefficient (Wildman–Crippen LogP) is 9.22. The van der Waals surface area contributed by atoms with Crippen molar-refractivity contribution in [2.45, 2.75) is 33.7 Å². The molecule has 5 aromatic carbocycles. The molecule has 2 heterocycles. The Hall–Kier alpha value is -7.18. The molecule has 0 radical (unpaired) electrons. The SMILES string of the molecule is CCOC(=O)c1ccc(C2=NC(=C3N=C(c4ccc(C(=O)OCC)cc4)C(c4ccc(C(=O)OCC)cc4)N3c3ccccc3Cl)N=C2c2ccc(C(=O)OCC)cc2)cc1. The molecule has 1 unspecified atom stereocenters. The van der Waals surface area contributed by atoms with Crippen molar-refractivity contribution in [2.75, 3.05) is 31.3 Å². The third kappa shape index (κ3) is 8.90. The fourth-order valence-corrected chi connectivity index (χ4v) is 7.10. The molecule has 2 aliphatic rings. The molecule has 0 aromatic heterocycles. The molecule has 2 aliphatic heterocycles. The van der Waals surface area contributed by atoms with E-state index in [1.807, 2.05) is 35.2 Å². The van der Waals surface area contributed by atoms with Crippen LogP contribution in [-0.2, 0) is 18.9 Å². The van der Waals surface area contributed by atoms with Gasteiger partial charge in [-0.3, -0.25) is 0 Å². The minimum atomic E-state index is -0.641. The van der Waals surface area contributed by atoms with Crippen molar-refractivity contribution in [2.24, 2.45) is 15.0 Å². The number of aliphatic imine (C=N–C) groups is 3. The van der Waals surface area contributed by atoms with Crippen molar-refractivity contribution >= 4 is 58.3 Å². The zero-order valence-corrected chi connectivity index (χ0v) is 34.6. The van der Waals surface area contributed by atoms with Gasteiger partial charge < -0.3 is 23.8 Å². The van der Waals surface area contributed by atoms with Gasteiger partial charge in [0.05, 0.1) is 76.5 Å². The van der Waals surface area contributed by atoms with Gasteiger partial charge in [-0.25, -0.2) is 34.2 Å². The quantitative estimate of drug-likeness (QED) is 0.0837. The number of carbonyl (C=O) groups excluding carboxylic acids is 4. The van der Waals surface area contributed by atoms with E-state index in [4.69, 9.17) is 45.5 Å². The number of hydrogen-bond donors (Lipinski definition) is 0. The van der Waals surface area contributed by atoms with Crippen LogP contribution in [0.15, 0.2) is 148 Å². The maximum absolute atomic E-state index is 12.7. The highest BCUT2D eigenvalue weighted by molar-refractivity contribution is 6.55. The number of carbonyl (C=O) groups is 4. The van der Waals surface area contributed by atoms with Crippen LogP contribution in [0.25, 0.3) is 0 Å². The summed E-state index contributed by atoms with van der Waals surface area (Å²) in [5, 5.41) is 0.429. The van der Waals surface area contributed by atoms with E-state index >= 15 is 0 Å². The van der Waals surface area contributed by atoms with Crippen molar-refractivity contribution in [1.29, 1.82) is 0 Å². The summed E-state index contributed by atoms with van der Waals surface area (Å²) in [6, 6.07) is 34.5. The van der Waals surface area contributed by atoms with Gasteiger partial charge in [-0.15, -0.1) is 0 Å². The van der Waals surface area contributed by atoms with Crippen LogP contribution in [0, 0.1) is 0 Å². The summed E-state index contributed by atoms with van der Waals surface area (Å²) in [6.45, 7) is 7.92. The largest absolute Gasteiger partial charge is 0.462 e. The van der Waals surface area contributed by atoms with Crippen LogP contribution in [0.2, 0.25) is 5.02 Å². The summed E-state index contributed by atoms with van der Waals surface area (Å²) >= 11 is 7.01. The highest BCUT2D eigenvalue weighted by Gasteiger charge is 2.40. The van der Waals surface area contributed by atoms with E-state index in [0.717, 1.165) is 5.56 Å². The Balaban J connectivity index is 1.45. The molecule has 7 rings (SSSR count). The van der Waals surface area contributed by atoms with Gasteiger partial charge in [0.2, 0.25) is 0 Å². The summed E-state index contributed by atoms with van der Waals surface area (Å²) in [4.78, 5) is 68.1. The van der Waals surface area contributed by atoms with E-state index in [1.54, 1.807) is 119 Å². The van der Waals surface area contributed by atoms with Gasteiger partial charge in [-0.05, 0) is 99.5 Å². The van der Waals surface area contributed by atoms with E-state index in [0.29, 0.717) is 72.6 Å². The highest BCUT2D eigenvalue weighted by atomic mass is 35.5. The number of benzene rings is 5. The van der Waals surface area contributed by atoms with Gasteiger partial charge in [0.25, 0.3) is 0 Å². The topological polar surface area (TPSA) is 146 Å². The molecule has 0 amide bonds. The van der Waals surface area contributed by atoms with Gasteiger partial charge in [-0.2, -0.15) is 0 Å². The van der Waals surface area contributed by atoms with Crippen LogP contribution in [-0.4, -0.2) is 67.4 Å². The average molecular weight is 837 g/mol. The van der Waals surface area contributed by atoms with E-state index in [2.05, 4.69) is 0 Å². The molecule has 308 valence electrons. The lowest BCUT2D eigenvalue weighted by Crippen LogP contribution is -2.28. The van der Waals surface area contributed by atoms with Crippen LogP contribution in [0.5, 0.6) is 0 Å². The second kappa shape index (κ2) is 18.8. The molecule has 0 aliphatic carbocycles. The fraction of sp³-hybridized carbons (Fsp3) is 0.188. The molecule has 12 nitrogen and oxygen atoms in total. The van der Waals surface area contributed by atoms with Gasteiger partial charge in [-0.1, -0.05) is 72.3 Å². The van der Waals surface area contributed by atoms with Gasteiger partial charge >= 0.3 is 23.9 Å². The van der Waals surface area contributed by atoms with E-state index in [1.165, 1.54) is 0 Å². The Morgan fingerprint density at radius 2 is 0.885 bits per heavy atom. The molecular formula is C48H41ClN4O8. The number of rotatable bonds is 13. The van der Waals surface area contributed by atoms with Gasteiger partial charge in [0, 0.05) is 11.1 Å². The number of esters is 4. The highest BCUT2D eigenvalue weighted by Crippen LogP contribution is 2.44. The van der Waals surface area contributed by atoms with Crippen molar-refractivity contribution in [3.8, 4) is 0 Å². The number of ether oxygens (including phenoxy) is 4. The van der Waals surface area contributed by atoms with Crippen LogP contribution < -0.4 is 4.90 Å². The minimum absolute atomic E-state index is 0.231. The van der Waals surface area contributed by atoms with Crippen molar-refractivity contribution < 1.29 is 38.1 Å². The number of nitrogens with zero attached hydrogens (tertiary/aromatic N) is 4. The molecule has 0 saturated heterocycles. The molecule has 1 atom stereocenters. The third-order valence-electron chi connectivity index (χ3n) is 9.71. The van der Waals surface area contributed by atoms with E-state index in [-0.39, 0.29) is 32.2 Å². The molecule has 61 heavy (non-hydrogen) atoms. The maximum Gasteiger partial charge on any atom is 0.338 e.